The third kappa shape index (κ3) is 4.23. The van der Waals surface area contributed by atoms with Crippen LogP contribution < -0.4 is 11.1 Å². The number of nitrogens with zero attached hydrogens (tertiary/aromatic N) is 1. The number of morpholine rings is 1. The van der Waals surface area contributed by atoms with Crippen LogP contribution in [-0.2, 0) is 9.53 Å². The van der Waals surface area contributed by atoms with E-state index in [0.717, 1.165) is 32.7 Å². The minimum Gasteiger partial charge on any atom is -0.373 e. The highest BCUT2D eigenvalue weighted by Gasteiger charge is 2.30. The monoisotopic (exact) mass is 255 g/mol. The summed E-state index contributed by atoms with van der Waals surface area (Å²) in [5.41, 5.74) is 5.36. The van der Waals surface area contributed by atoms with E-state index in [9.17, 15) is 4.79 Å². The summed E-state index contributed by atoms with van der Waals surface area (Å²) in [5, 5.41) is 3.32. The average Bonchev–Trinajstić information content (AvgIpc) is 3.06. The number of nitrogens with one attached hydrogen (secondary N) is 1. The van der Waals surface area contributed by atoms with Gasteiger partial charge in [0.15, 0.2) is 0 Å². The second-order valence-electron chi connectivity index (χ2n) is 6.07. The van der Waals surface area contributed by atoms with Crippen LogP contribution in [0.5, 0.6) is 0 Å². The van der Waals surface area contributed by atoms with Gasteiger partial charge in [-0.15, -0.1) is 0 Å². The van der Waals surface area contributed by atoms with Crippen molar-refractivity contribution < 1.29 is 9.53 Å². The molecule has 1 aliphatic heterocycles. The minimum absolute atomic E-state index is 0.0790. The first-order valence-electron chi connectivity index (χ1n) is 6.88. The van der Waals surface area contributed by atoms with E-state index in [4.69, 9.17) is 10.5 Å². The molecular formula is C13H25N3O2. The van der Waals surface area contributed by atoms with Gasteiger partial charge in [-0.3, -0.25) is 9.69 Å². The molecule has 0 aromatic rings. The zero-order chi connectivity index (χ0) is 13.2. The predicted octanol–water partition coefficient (Wildman–Crippen LogP) is 0.0932. The number of carbonyl (C=O) groups excluding carboxylic acids is 1. The smallest absolute Gasteiger partial charge is 0.234 e. The summed E-state index contributed by atoms with van der Waals surface area (Å²) in [5.74, 6) is -0.227. The molecule has 0 bridgehead atoms. The Bertz CT molecular complexity index is 303. The van der Waals surface area contributed by atoms with Crippen LogP contribution >= 0.6 is 0 Å². The van der Waals surface area contributed by atoms with Gasteiger partial charge in [0.1, 0.15) is 0 Å². The fourth-order valence-corrected chi connectivity index (χ4v) is 2.46. The molecule has 0 radical (unpaired) electrons. The lowest BCUT2D eigenvalue weighted by Gasteiger charge is -2.38. The molecule has 1 saturated heterocycles. The average molecular weight is 255 g/mol. The van der Waals surface area contributed by atoms with Crippen LogP contribution in [0.3, 0.4) is 0 Å². The molecule has 0 spiro atoms. The first kappa shape index (κ1) is 13.8. The van der Waals surface area contributed by atoms with Crippen molar-refractivity contribution in [1.82, 2.24) is 10.2 Å². The van der Waals surface area contributed by atoms with Crippen LogP contribution in [0.2, 0.25) is 0 Å². The van der Waals surface area contributed by atoms with E-state index in [-0.39, 0.29) is 17.6 Å². The highest BCUT2D eigenvalue weighted by Crippen LogP contribution is 2.20. The summed E-state index contributed by atoms with van der Waals surface area (Å²) in [6, 6.07) is 0.340. The second kappa shape index (κ2) is 5.55. The van der Waals surface area contributed by atoms with Gasteiger partial charge in [-0.25, -0.2) is 0 Å². The summed E-state index contributed by atoms with van der Waals surface area (Å²) in [4.78, 5) is 13.7. The highest BCUT2D eigenvalue weighted by molar-refractivity contribution is 5.79. The first-order chi connectivity index (χ1) is 8.46. The van der Waals surface area contributed by atoms with Gasteiger partial charge in [0.05, 0.1) is 18.2 Å². The van der Waals surface area contributed by atoms with E-state index in [1.165, 1.54) is 12.8 Å². The zero-order valence-electron chi connectivity index (χ0n) is 11.4. The molecule has 5 heteroatoms. The van der Waals surface area contributed by atoms with E-state index in [1.807, 2.05) is 0 Å². The van der Waals surface area contributed by atoms with Crippen LogP contribution in [0.25, 0.3) is 0 Å². The van der Waals surface area contributed by atoms with Gasteiger partial charge in [-0.05, 0) is 33.1 Å². The normalized spacial score (nSPS) is 25.9. The number of hydrogen-bond donors (Lipinski definition) is 2. The van der Waals surface area contributed by atoms with Crippen molar-refractivity contribution in [3.8, 4) is 0 Å². The maximum atomic E-state index is 11.4. The lowest BCUT2D eigenvalue weighted by atomic mass is 10.1. The van der Waals surface area contributed by atoms with Crippen LogP contribution in [0.15, 0.2) is 0 Å². The molecule has 1 aliphatic carbocycles. The molecule has 2 aliphatic rings. The number of hydrogen-bond acceptors (Lipinski definition) is 4. The third-order valence-electron chi connectivity index (χ3n) is 3.60. The number of primary amides is 1. The Labute approximate surface area is 109 Å². The molecule has 2 fully saturated rings. The fraction of sp³-hybridized carbons (Fsp3) is 0.923. The lowest BCUT2D eigenvalue weighted by molar-refractivity contribution is -0.120. The largest absolute Gasteiger partial charge is 0.373 e. The predicted molar refractivity (Wildman–Crippen MR) is 70.2 cm³/mol. The van der Waals surface area contributed by atoms with E-state index in [1.54, 1.807) is 0 Å². The van der Waals surface area contributed by atoms with Crippen LogP contribution in [0.4, 0.5) is 0 Å². The fourth-order valence-electron chi connectivity index (χ4n) is 2.46. The van der Waals surface area contributed by atoms with Crippen molar-refractivity contribution in [2.75, 3.05) is 26.2 Å². The van der Waals surface area contributed by atoms with Gasteiger partial charge in [0, 0.05) is 25.7 Å². The molecule has 3 N–H and O–H groups in total. The number of rotatable bonds is 6. The van der Waals surface area contributed by atoms with Crippen molar-refractivity contribution >= 4 is 5.91 Å². The Hall–Kier alpha value is -0.650. The molecular weight excluding hydrogens is 230 g/mol. The third-order valence-corrected chi connectivity index (χ3v) is 3.60. The molecule has 1 heterocycles. The molecule has 1 unspecified atom stereocenters. The minimum atomic E-state index is -0.227. The van der Waals surface area contributed by atoms with Crippen LogP contribution in [0, 0.1) is 0 Å². The Morgan fingerprint density at radius 2 is 2.28 bits per heavy atom. The van der Waals surface area contributed by atoms with Crippen molar-refractivity contribution in [3.05, 3.63) is 0 Å². The Balaban J connectivity index is 1.75. The quantitative estimate of drug-likeness (QED) is 0.706. The molecule has 2 rings (SSSR count). The van der Waals surface area contributed by atoms with Gasteiger partial charge in [0.25, 0.3) is 0 Å². The lowest BCUT2D eigenvalue weighted by Crippen LogP contribution is -2.50. The number of amides is 1. The van der Waals surface area contributed by atoms with Gasteiger partial charge in [-0.1, -0.05) is 0 Å². The Kier molecular flexibility index (Phi) is 4.25. The first-order valence-corrected chi connectivity index (χ1v) is 6.88. The van der Waals surface area contributed by atoms with Crippen molar-refractivity contribution in [2.24, 2.45) is 5.73 Å². The Morgan fingerprint density at radius 1 is 1.56 bits per heavy atom. The molecule has 0 aromatic heterocycles. The second-order valence-corrected chi connectivity index (χ2v) is 6.07. The van der Waals surface area contributed by atoms with E-state index in [0.29, 0.717) is 6.04 Å². The maximum absolute atomic E-state index is 11.4. The molecule has 0 aromatic carbocycles. The summed E-state index contributed by atoms with van der Waals surface area (Å²) in [6.07, 6.45) is 3.14. The van der Waals surface area contributed by atoms with Crippen molar-refractivity contribution in [2.45, 2.75) is 50.8 Å². The van der Waals surface area contributed by atoms with Gasteiger partial charge in [-0.2, -0.15) is 0 Å². The topological polar surface area (TPSA) is 67.6 Å². The molecule has 1 saturated carbocycles. The summed E-state index contributed by atoms with van der Waals surface area (Å²) < 4.78 is 5.68. The summed E-state index contributed by atoms with van der Waals surface area (Å²) in [7, 11) is 0. The summed E-state index contributed by atoms with van der Waals surface area (Å²) in [6.45, 7) is 7.74. The standard InChI is InChI=1S/C13H25N3O2/c1-13(2)9-16(7-8-18-13)6-5-11(12(14)17)15-10-3-4-10/h10-11,15H,3-9H2,1-2H3,(H2,14,17). The van der Waals surface area contributed by atoms with Gasteiger partial charge < -0.3 is 15.8 Å². The van der Waals surface area contributed by atoms with Crippen LogP contribution in [-0.4, -0.2) is 54.7 Å². The molecule has 104 valence electrons. The van der Waals surface area contributed by atoms with Crippen molar-refractivity contribution in [3.63, 3.8) is 0 Å². The van der Waals surface area contributed by atoms with Crippen molar-refractivity contribution in [1.29, 1.82) is 0 Å². The number of nitrogens with two attached hydrogens (primary N) is 1. The number of ether oxygens (including phenoxy) is 1. The molecule has 5 nitrogen and oxygen atoms in total. The SMILES string of the molecule is CC1(C)CN(CCC(NC2CC2)C(N)=O)CCO1. The Morgan fingerprint density at radius 3 is 2.83 bits per heavy atom. The molecule has 1 amide bonds. The summed E-state index contributed by atoms with van der Waals surface area (Å²) >= 11 is 0. The maximum Gasteiger partial charge on any atom is 0.234 e. The van der Waals surface area contributed by atoms with Gasteiger partial charge in [0.2, 0.25) is 5.91 Å². The van der Waals surface area contributed by atoms with E-state index in [2.05, 4.69) is 24.1 Å². The van der Waals surface area contributed by atoms with Crippen LogP contribution in [0.1, 0.15) is 33.1 Å². The molecule has 18 heavy (non-hydrogen) atoms. The van der Waals surface area contributed by atoms with Gasteiger partial charge >= 0.3 is 0 Å². The zero-order valence-corrected chi connectivity index (χ0v) is 11.4. The number of carbonyl (C=O) groups is 1. The van der Waals surface area contributed by atoms with E-state index >= 15 is 0 Å². The highest BCUT2D eigenvalue weighted by atomic mass is 16.5. The molecule has 1 atom stereocenters. The van der Waals surface area contributed by atoms with E-state index < -0.39 is 0 Å².